The van der Waals surface area contributed by atoms with Crippen LogP contribution in [-0.2, 0) is 40.8 Å². The zero-order valence-corrected chi connectivity index (χ0v) is 17.5. The van der Waals surface area contributed by atoms with E-state index in [4.69, 9.17) is 20.4 Å². The number of carbonyl (C=O) groups is 2. The number of ether oxygens (including phenoxy) is 2. The molecule has 0 amide bonds. The predicted octanol–water partition coefficient (Wildman–Crippen LogP) is 2.02. The van der Waals surface area contributed by atoms with Crippen LogP contribution in [0.1, 0.15) is 41.5 Å². The molecule has 0 aliphatic rings. The minimum absolute atomic E-state index is 0. The summed E-state index contributed by atoms with van der Waals surface area (Å²) in [6, 6.07) is 0. The molecule has 0 saturated heterocycles. The first-order chi connectivity index (χ1) is 11.2. The average Bonchev–Trinajstić information content (AvgIpc) is 2.39. The van der Waals surface area contributed by atoms with Crippen molar-refractivity contribution in [1.82, 2.24) is 0 Å². The first-order valence-corrected chi connectivity index (χ1v) is 7.46. The number of aliphatic hydroxyl groups excluding tert-OH is 4. The van der Waals surface area contributed by atoms with Gasteiger partial charge in [0.15, 0.2) is 0 Å². The van der Waals surface area contributed by atoms with E-state index in [0.717, 1.165) is 12.2 Å². The third kappa shape index (κ3) is 60.4. The maximum Gasteiger partial charge on any atom is 0.334 e. The molecule has 0 heterocycles. The Labute approximate surface area is 165 Å². The van der Waals surface area contributed by atoms with Crippen LogP contribution in [0.2, 0.25) is 0 Å². The summed E-state index contributed by atoms with van der Waals surface area (Å²) in [7, 11) is 0. The molecule has 0 aromatic heterocycles. The van der Waals surface area contributed by atoms with Crippen LogP contribution in [0, 0.1) is 0 Å². The number of hydrogen-bond acceptors (Lipinski definition) is 8. The van der Waals surface area contributed by atoms with Crippen LogP contribution in [0.15, 0.2) is 23.7 Å². The standard InChI is InChI=1S/2C6H10O3.2C2H6O.Ti/c2*1-3-9-6(8)4-5(2)7;2*1-2-3;/h2*4,7H,3H2,1-2H3;2*3H,2H2,1H3;. The van der Waals surface area contributed by atoms with Gasteiger partial charge in [-0.2, -0.15) is 0 Å². The fourth-order valence-electron chi connectivity index (χ4n) is 0.709. The van der Waals surface area contributed by atoms with Crippen LogP contribution in [0.3, 0.4) is 0 Å². The van der Waals surface area contributed by atoms with E-state index in [0.29, 0.717) is 13.2 Å². The fourth-order valence-corrected chi connectivity index (χ4v) is 0.709. The van der Waals surface area contributed by atoms with Crippen molar-refractivity contribution in [2.75, 3.05) is 26.4 Å². The quantitative estimate of drug-likeness (QED) is 0.244. The minimum atomic E-state index is -0.502. The van der Waals surface area contributed by atoms with Crippen molar-refractivity contribution in [2.45, 2.75) is 41.5 Å². The second-order valence-corrected chi connectivity index (χ2v) is 3.71. The molecule has 25 heavy (non-hydrogen) atoms. The smallest absolute Gasteiger partial charge is 0.334 e. The summed E-state index contributed by atoms with van der Waals surface area (Å²) >= 11 is 0. The van der Waals surface area contributed by atoms with Gasteiger partial charge in [0.1, 0.15) is 0 Å². The molecule has 0 aromatic carbocycles. The number of aliphatic hydroxyl groups is 4. The van der Waals surface area contributed by atoms with Crippen molar-refractivity contribution in [3.63, 3.8) is 0 Å². The third-order valence-corrected chi connectivity index (χ3v) is 1.23. The van der Waals surface area contributed by atoms with E-state index in [1.165, 1.54) is 13.8 Å². The van der Waals surface area contributed by atoms with Gasteiger partial charge in [-0.1, -0.05) is 0 Å². The molecule has 9 heteroatoms. The van der Waals surface area contributed by atoms with Gasteiger partial charge in [-0.05, 0) is 41.5 Å². The van der Waals surface area contributed by atoms with Crippen LogP contribution < -0.4 is 0 Å². The maximum absolute atomic E-state index is 10.4. The minimum Gasteiger partial charge on any atom is -0.512 e. The van der Waals surface area contributed by atoms with Gasteiger partial charge >= 0.3 is 11.9 Å². The summed E-state index contributed by atoms with van der Waals surface area (Å²) in [5.74, 6) is -1.07. The van der Waals surface area contributed by atoms with Crippen LogP contribution in [-0.4, -0.2) is 58.8 Å². The van der Waals surface area contributed by atoms with E-state index in [9.17, 15) is 9.59 Å². The molecule has 0 aliphatic heterocycles. The Hall–Kier alpha value is -1.35. The van der Waals surface area contributed by atoms with E-state index in [1.807, 2.05) is 0 Å². The molecule has 0 aromatic rings. The molecule has 4 N–H and O–H groups in total. The summed E-state index contributed by atoms with van der Waals surface area (Å²) in [5.41, 5.74) is 0. The maximum atomic E-state index is 10.4. The second kappa shape index (κ2) is 30.5. The van der Waals surface area contributed by atoms with Gasteiger partial charge in [0.25, 0.3) is 0 Å². The number of rotatable bonds is 4. The summed E-state index contributed by atoms with van der Waals surface area (Å²) in [4.78, 5) is 20.8. The van der Waals surface area contributed by atoms with Gasteiger partial charge in [0.05, 0.1) is 36.9 Å². The van der Waals surface area contributed by atoms with Crippen molar-refractivity contribution in [2.24, 2.45) is 0 Å². The van der Waals surface area contributed by atoms with Gasteiger partial charge in [0.2, 0.25) is 0 Å². The molecule has 0 fully saturated rings. The van der Waals surface area contributed by atoms with Gasteiger partial charge in [-0.25, -0.2) is 9.59 Å². The zero-order chi connectivity index (χ0) is 20.0. The largest absolute Gasteiger partial charge is 0.512 e. The number of carbonyl (C=O) groups excluding carboxylic acids is 2. The average molecular weight is 400 g/mol. The molecular formula is C16H32O8Ti. The normalized spacial score (nSPS) is 9.44. The number of hydrogen-bond donors (Lipinski definition) is 4. The zero-order valence-electron chi connectivity index (χ0n) is 15.9. The molecule has 148 valence electrons. The molecule has 0 unspecified atom stereocenters. The monoisotopic (exact) mass is 400 g/mol. The Morgan fingerprint density at radius 3 is 1.08 bits per heavy atom. The van der Waals surface area contributed by atoms with E-state index in [1.54, 1.807) is 27.7 Å². The van der Waals surface area contributed by atoms with E-state index < -0.39 is 11.9 Å². The van der Waals surface area contributed by atoms with Crippen LogP contribution >= 0.6 is 0 Å². The Morgan fingerprint density at radius 1 is 0.760 bits per heavy atom. The van der Waals surface area contributed by atoms with Crippen LogP contribution in [0.5, 0.6) is 0 Å². The first-order valence-electron chi connectivity index (χ1n) is 7.46. The van der Waals surface area contributed by atoms with Crippen molar-refractivity contribution in [1.29, 1.82) is 0 Å². The molecule has 0 atom stereocenters. The number of allylic oxidation sites excluding steroid dienone is 2. The van der Waals surface area contributed by atoms with Crippen molar-refractivity contribution >= 4 is 11.9 Å². The van der Waals surface area contributed by atoms with Gasteiger partial charge in [-0.15, -0.1) is 0 Å². The predicted molar refractivity (Wildman–Crippen MR) is 91.6 cm³/mol. The van der Waals surface area contributed by atoms with Crippen LogP contribution in [0.25, 0.3) is 0 Å². The molecule has 8 nitrogen and oxygen atoms in total. The van der Waals surface area contributed by atoms with Gasteiger partial charge in [0, 0.05) is 34.9 Å². The molecule has 0 bridgehead atoms. The molecule has 0 radical (unpaired) electrons. The van der Waals surface area contributed by atoms with E-state index >= 15 is 0 Å². The molecule has 0 aliphatic carbocycles. The van der Waals surface area contributed by atoms with Crippen molar-refractivity contribution in [3.05, 3.63) is 23.7 Å². The fraction of sp³-hybridized carbons (Fsp3) is 0.625. The molecule has 0 saturated carbocycles. The SMILES string of the molecule is CCO.CCO.CCOC(=O)C=C(C)O.CCOC(=O)C=C(C)O.[Ti]. The van der Waals surface area contributed by atoms with Gasteiger partial charge < -0.3 is 29.9 Å². The topological polar surface area (TPSA) is 134 Å². The Kier molecular flexibility index (Phi) is 42.6. The summed E-state index contributed by atoms with van der Waals surface area (Å²) in [5, 5.41) is 32.2. The molecular weight excluding hydrogens is 368 g/mol. The van der Waals surface area contributed by atoms with E-state index in [2.05, 4.69) is 9.47 Å². The Morgan fingerprint density at radius 2 is 0.960 bits per heavy atom. The van der Waals surface area contributed by atoms with E-state index in [-0.39, 0.29) is 46.4 Å². The molecule has 0 spiro atoms. The third-order valence-electron chi connectivity index (χ3n) is 1.23. The Bertz CT molecular complexity index is 312. The summed E-state index contributed by atoms with van der Waals surface area (Å²) < 4.78 is 8.95. The molecule has 0 rings (SSSR count). The summed E-state index contributed by atoms with van der Waals surface area (Å²) in [6.45, 7) is 10.8. The van der Waals surface area contributed by atoms with Crippen molar-refractivity contribution in [3.8, 4) is 0 Å². The van der Waals surface area contributed by atoms with Crippen LogP contribution in [0.4, 0.5) is 0 Å². The first kappa shape index (κ1) is 34.9. The second-order valence-electron chi connectivity index (χ2n) is 3.71. The van der Waals surface area contributed by atoms with Gasteiger partial charge in [-0.3, -0.25) is 0 Å². The Balaban J connectivity index is -0.0000000788. The number of esters is 2. The summed E-state index contributed by atoms with van der Waals surface area (Å²) in [6.07, 6.45) is 2.06. The van der Waals surface area contributed by atoms with Crippen molar-refractivity contribution < 1.29 is 61.2 Å².